The van der Waals surface area contributed by atoms with E-state index >= 15 is 0 Å². The third-order valence-corrected chi connectivity index (χ3v) is 6.00. The smallest absolute Gasteiger partial charge is 0.309 e. The van der Waals surface area contributed by atoms with Gasteiger partial charge in [-0.3, -0.25) is 14.2 Å². The standard InChI is InChI=1S/C19H32NO5P/c1-6-24-26(22,25-7-2)14-8-13-20(17(5)21)23-15-18-9-11-19(12-10-18)16(3)4/h9-12,16H,6-8,13-15H2,1-5H3. The van der Waals surface area contributed by atoms with Crippen LogP contribution in [0.15, 0.2) is 24.3 Å². The molecule has 7 heteroatoms. The Morgan fingerprint density at radius 1 is 1.12 bits per heavy atom. The maximum absolute atomic E-state index is 12.4. The number of hydrogen-bond donors (Lipinski definition) is 0. The largest absolute Gasteiger partial charge is 0.330 e. The van der Waals surface area contributed by atoms with E-state index in [1.807, 2.05) is 12.1 Å². The summed E-state index contributed by atoms with van der Waals surface area (Å²) in [6, 6.07) is 8.15. The maximum atomic E-state index is 12.4. The Balaban J connectivity index is 2.53. The summed E-state index contributed by atoms with van der Waals surface area (Å²) in [7, 11) is -3.09. The van der Waals surface area contributed by atoms with Crippen molar-refractivity contribution < 1.29 is 23.2 Å². The molecule has 26 heavy (non-hydrogen) atoms. The highest BCUT2D eigenvalue weighted by molar-refractivity contribution is 7.53. The molecule has 0 saturated heterocycles. The first-order chi connectivity index (χ1) is 12.3. The third-order valence-electron chi connectivity index (χ3n) is 3.83. The van der Waals surface area contributed by atoms with Crippen molar-refractivity contribution in [3.63, 3.8) is 0 Å². The molecule has 0 unspecified atom stereocenters. The van der Waals surface area contributed by atoms with Gasteiger partial charge in [0.25, 0.3) is 0 Å². The van der Waals surface area contributed by atoms with Crippen molar-refractivity contribution in [3.05, 3.63) is 35.4 Å². The van der Waals surface area contributed by atoms with Gasteiger partial charge in [0, 0.05) is 13.5 Å². The fourth-order valence-electron chi connectivity index (χ4n) is 2.43. The van der Waals surface area contributed by atoms with Crippen LogP contribution in [0.5, 0.6) is 0 Å². The minimum atomic E-state index is -3.09. The Bertz CT molecular complexity index is 578. The summed E-state index contributed by atoms with van der Waals surface area (Å²) in [6.45, 7) is 10.6. The lowest BCUT2D eigenvalue weighted by molar-refractivity contribution is -0.189. The predicted octanol–water partition coefficient (Wildman–Crippen LogP) is 4.75. The fourth-order valence-corrected chi connectivity index (χ4v) is 4.08. The van der Waals surface area contributed by atoms with Gasteiger partial charge in [-0.05, 0) is 37.3 Å². The molecule has 0 radical (unpaired) electrons. The summed E-state index contributed by atoms with van der Waals surface area (Å²) in [4.78, 5) is 17.4. The van der Waals surface area contributed by atoms with Crippen LogP contribution in [0.2, 0.25) is 0 Å². The number of benzene rings is 1. The first kappa shape index (κ1) is 22.8. The van der Waals surface area contributed by atoms with Crippen LogP contribution < -0.4 is 0 Å². The summed E-state index contributed by atoms with van der Waals surface area (Å²) in [5.41, 5.74) is 2.26. The van der Waals surface area contributed by atoms with Crippen LogP contribution in [0.3, 0.4) is 0 Å². The van der Waals surface area contributed by atoms with E-state index in [0.29, 0.717) is 38.7 Å². The van der Waals surface area contributed by atoms with Crippen LogP contribution >= 0.6 is 7.60 Å². The molecule has 0 aliphatic rings. The van der Waals surface area contributed by atoms with E-state index in [2.05, 4.69) is 26.0 Å². The van der Waals surface area contributed by atoms with Crippen molar-refractivity contribution >= 4 is 13.5 Å². The Labute approximate surface area is 157 Å². The number of carbonyl (C=O) groups excluding carboxylic acids is 1. The van der Waals surface area contributed by atoms with Gasteiger partial charge in [0.2, 0.25) is 5.91 Å². The summed E-state index contributed by atoms with van der Waals surface area (Å²) in [5, 5.41) is 1.30. The van der Waals surface area contributed by atoms with Crippen molar-refractivity contribution in [1.82, 2.24) is 5.06 Å². The minimum absolute atomic E-state index is 0.188. The van der Waals surface area contributed by atoms with Gasteiger partial charge in [0.05, 0.1) is 19.4 Å². The van der Waals surface area contributed by atoms with Crippen molar-refractivity contribution in [1.29, 1.82) is 0 Å². The minimum Gasteiger partial charge on any atom is -0.309 e. The zero-order valence-corrected chi connectivity index (χ0v) is 17.5. The molecule has 0 atom stereocenters. The monoisotopic (exact) mass is 385 g/mol. The van der Waals surface area contributed by atoms with Crippen molar-refractivity contribution in [2.75, 3.05) is 25.9 Å². The van der Waals surface area contributed by atoms with E-state index in [4.69, 9.17) is 13.9 Å². The molecule has 0 heterocycles. The number of amides is 1. The molecule has 6 nitrogen and oxygen atoms in total. The van der Waals surface area contributed by atoms with Gasteiger partial charge in [-0.1, -0.05) is 38.1 Å². The summed E-state index contributed by atoms with van der Waals surface area (Å²) >= 11 is 0. The Morgan fingerprint density at radius 3 is 2.15 bits per heavy atom. The molecule has 0 aliphatic carbocycles. The second-order valence-electron chi connectivity index (χ2n) is 6.31. The number of hydrogen-bond acceptors (Lipinski definition) is 5. The molecule has 1 amide bonds. The van der Waals surface area contributed by atoms with Crippen LogP contribution in [-0.2, 0) is 29.9 Å². The second-order valence-corrected chi connectivity index (χ2v) is 8.50. The summed E-state index contributed by atoms with van der Waals surface area (Å²) in [5.74, 6) is 0.288. The van der Waals surface area contributed by atoms with E-state index < -0.39 is 7.60 Å². The number of carbonyl (C=O) groups is 1. The molecular formula is C19H32NO5P. The van der Waals surface area contributed by atoms with Gasteiger partial charge in [-0.25, -0.2) is 5.06 Å². The van der Waals surface area contributed by atoms with Gasteiger partial charge in [-0.15, -0.1) is 0 Å². The molecule has 0 bridgehead atoms. The lowest BCUT2D eigenvalue weighted by atomic mass is 10.0. The average molecular weight is 385 g/mol. The Hall–Kier alpha value is -1.20. The number of hydroxylamine groups is 2. The Morgan fingerprint density at radius 2 is 1.69 bits per heavy atom. The van der Waals surface area contributed by atoms with Gasteiger partial charge in [0.1, 0.15) is 6.61 Å². The van der Waals surface area contributed by atoms with Crippen molar-refractivity contribution in [2.24, 2.45) is 0 Å². The first-order valence-corrected chi connectivity index (χ1v) is 10.9. The second kappa shape index (κ2) is 11.5. The van der Waals surface area contributed by atoms with Gasteiger partial charge >= 0.3 is 7.60 Å². The van der Waals surface area contributed by atoms with Gasteiger partial charge < -0.3 is 9.05 Å². The normalized spacial score (nSPS) is 11.8. The van der Waals surface area contributed by atoms with E-state index in [0.717, 1.165) is 5.56 Å². The highest BCUT2D eigenvalue weighted by atomic mass is 31.2. The molecule has 1 aromatic rings. The van der Waals surface area contributed by atoms with Crippen molar-refractivity contribution in [3.8, 4) is 0 Å². The molecule has 0 spiro atoms. The van der Waals surface area contributed by atoms with E-state index in [1.165, 1.54) is 17.6 Å². The topological polar surface area (TPSA) is 65.1 Å². The number of nitrogens with zero attached hydrogens (tertiary/aromatic N) is 1. The highest BCUT2D eigenvalue weighted by Crippen LogP contribution is 2.48. The van der Waals surface area contributed by atoms with Crippen LogP contribution in [0.4, 0.5) is 0 Å². The van der Waals surface area contributed by atoms with E-state index in [-0.39, 0.29) is 12.1 Å². The molecule has 0 fully saturated rings. The van der Waals surface area contributed by atoms with Crippen molar-refractivity contribution in [2.45, 2.75) is 53.6 Å². The molecule has 0 saturated carbocycles. The van der Waals surface area contributed by atoms with Crippen LogP contribution in [0.25, 0.3) is 0 Å². The maximum Gasteiger partial charge on any atom is 0.330 e. The molecular weight excluding hydrogens is 353 g/mol. The molecule has 0 aromatic heterocycles. The molecule has 0 aliphatic heterocycles. The lowest BCUT2D eigenvalue weighted by Gasteiger charge is -2.22. The third kappa shape index (κ3) is 8.00. The lowest BCUT2D eigenvalue weighted by Crippen LogP contribution is -2.30. The van der Waals surface area contributed by atoms with E-state index in [9.17, 15) is 9.36 Å². The van der Waals surface area contributed by atoms with Gasteiger partial charge in [0.15, 0.2) is 0 Å². The molecule has 148 valence electrons. The predicted molar refractivity (Wildman–Crippen MR) is 103 cm³/mol. The molecule has 0 N–H and O–H groups in total. The Kier molecular flexibility index (Phi) is 10.1. The first-order valence-electron chi connectivity index (χ1n) is 9.19. The van der Waals surface area contributed by atoms with Crippen LogP contribution in [0, 0.1) is 0 Å². The molecule has 1 rings (SSSR count). The quantitative estimate of drug-likeness (QED) is 0.384. The van der Waals surface area contributed by atoms with E-state index in [1.54, 1.807) is 13.8 Å². The summed E-state index contributed by atoms with van der Waals surface area (Å²) < 4.78 is 23.0. The van der Waals surface area contributed by atoms with Gasteiger partial charge in [-0.2, -0.15) is 0 Å². The zero-order chi connectivity index (χ0) is 19.6. The fraction of sp³-hybridized carbons (Fsp3) is 0.632. The summed E-state index contributed by atoms with van der Waals surface area (Å²) in [6.07, 6.45) is 0.730. The molecule has 1 aromatic carbocycles. The average Bonchev–Trinajstić information content (AvgIpc) is 2.58. The number of rotatable bonds is 12. The highest BCUT2D eigenvalue weighted by Gasteiger charge is 2.23. The van der Waals surface area contributed by atoms with Crippen LogP contribution in [-0.4, -0.2) is 36.9 Å². The van der Waals surface area contributed by atoms with Crippen LogP contribution in [0.1, 0.15) is 58.1 Å². The SMILES string of the molecule is CCOP(=O)(CCCN(OCc1ccc(C(C)C)cc1)C(C)=O)OCC. The zero-order valence-electron chi connectivity index (χ0n) is 16.6.